The molecule has 1 heterocycles. The summed E-state index contributed by atoms with van der Waals surface area (Å²) in [5.74, 6) is -0.744. The molecule has 6 heteroatoms. The van der Waals surface area contributed by atoms with Crippen LogP contribution in [0.4, 0.5) is 4.39 Å². The first-order valence-electron chi connectivity index (χ1n) is 6.62. The molecule has 0 spiro atoms. The van der Waals surface area contributed by atoms with Crippen LogP contribution in [0.25, 0.3) is 11.3 Å². The number of hydrogen-bond donors (Lipinski definition) is 1. The molecule has 0 saturated heterocycles. The maximum atomic E-state index is 13.0. The van der Waals surface area contributed by atoms with Crippen molar-refractivity contribution in [3.8, 4) is 17.1 Å². The Morgan fingerprint density at radius 1 is 1.33 bits per heavy atom. The van der Waals surface area contributed by atoms with Crippen LogP contribution in [0.1, 0.15) is 23.3 Å². The summed E-state index contributed by atoms with van der Waals surface area (Å²) in [5, 5.41) is 9.18. The van der Waals surface area contributed by atoms with Gasteiger partial charge in [-0.15, -0.1) is 0 Å². The van der Waals surface area contributed by atoms with Gasteiger partial charge in [-0.1, -0.05) is 0 Å². The lowest BCUT2D eigenvalue weighted by molar-refractivity contribution is 0.0691. The van der Waals surface area contributed by atoms with Crippen molar-refractivity contribution in [2.75, 3.05) is 6.61 Å². The molecule has 1 aromatic heterocycles. The molecule has 21 heavy (non-hydrogen) atoms. The minimum Gasteiger partial charge on any atom is -0.476 e. The molecule has 5 nitrogen and oxygen atoms in total. The van der Waals surface area contributed by atoms with Gasteiger partial charge < -0.3 is 9.84 Å². The Kier molecular flexibility index (Phi) is 3.51. The Balaban J connectivity index is 1.95. The second-order valence-corrected chi connectivity index (χ2v) is 4.97. The van der Waals surface area contributed by atoms with Gasteiger partial charge in [-0.3, -0.25) is 0 Å². The lowest BCUT2D eigenvalue weighted by Crippen LogP contribution is -2.08. The summed E-state index contributed by atoms with van der Waals surface area (Å²) in [7, 11) is 0. The van der Waals surface area contributed by atoms with Crippen molar-refractivity contribution < 1.29 is 19.0 Å². The highest BCUT2D eigenvalue weighted by Crippen LogP contribution is 2.30. The number of ether oxygens (including phenoxy) is 1. The Labute approximate surface area is 120 Å². The first-order chi connectivity index (χ1) is 10.1. The molecule has 108 valence electrons. The van der Waals surface area contributed by atoms with Gasteiger partial charge in [-0.2, -0.15) is 0 Å². The first-order valence-corrected chi connectivity index (χ1v) is 6.62. The van der Waals surface area contributed by atoms with E-state index in [1.165, 1.54) is 30.5 Å². The van der Waals surface area contributed by atoms with Crippen molar-refractivity contribution in [3.63, 3.8) is 0 Å². The van der Waals surface area contributed by atoms with Crippen LogP contribution in [0.2, 0.25) is 0 Å². The van der Waals surface area contributed by atoms with E-state index in [9.17, 15) is 14.3 Å². The van der Waals surface area contributed by atoms with E-state index in [1.807, 2.05) is 0 Å². The zero-order chi connectivity index (χ0) is 14.8. The van der Waals surface area contributed by atoms with Crippen molar-refractivity contribution in [2.24, 2.45) is 5.92 Å². The Morgan fingerprint density at radius 3 is 2.67 bits per heavy atom. The standard InChI is InChI=1S/C15H13FN2O3/c16-11-5-3-10(4-6-11)13-14(15(19)20)17-7-12(18-13)21-8-9-1-2-9/h3-7,9H,1-2,8H2,(H,19,20). The van der Waals surface area contributed by atoms with E-state index in [-0.39, 0.29) is 17.3 Å². The molecule has 0 radical (unpaired) electrons. The van der Waals surface area contributed by atoms with Gasteiger partial charge in [-0.05, 0) is 43.0 Å². The Morgan fingerprint density at radius 2 is 2.05 bits per heavy atom. The van der Waals surface area contributed by atoms with Gasteiger partial charge in [0.1, 0.15) is 11.5 Å². The third-order valence-corrected chi connectivity index (χ3v) is 3.23. The fourth-order valence-electron chi connectivity index (χ4n) is 1.90. The maximum Gasteiger partial charge on any atom is 0.356 e. The fraction of sp³-hybridized carbons (Fsp3) is 0.267. The van der Waals surface area contributed by atoms with Gasteiger partial charge in [0, 0.05) is 5.56 Å². The molecule has 0 atom stereocenters. The molecule has 1 aromatic carbocycles. The second-order valence-electron chi connectivity index (χ2n) is 4.97. The monoisotopic (exact) mass is 288 g/mol. The molecular formula is C15H13FN2O3. The first kappa shape index (κ1) is 13.5. The van der Waals surface area contributed by atoms with Crippen molar-refractivity contribution in [3.05, 3.63) is 42.0 Å². The highest BCUT2D eigenvalue weighted by molar-refractivity contribution is 5.92. The van der Waals surface area contributed by atoms with Crippen LogP contribution in [0.3, 0.4) is 0 Å². The third kappa shape index (κ3) is 3.16. The van der Waals surface area contributed by atoms with E-state index in [4.69, 9.17) is 4.74 Å². The Bertz CT molecular complexity index is 669. The quantitative estimate of drug-likeness (QED) is 0.915. The number of halogens is 1. The van der Waals surface area contributed by atoms with Crippen molar-refractivity contribution in [1.29, 1.82) is 0 Å². The number of carboxylic acids is 1. The molecule has 1 fully saturated rings. The molecule has 1 aliphatic rings. The van der Waals surface area contributed by atoms with Gasteiger partial charge in [-0.25, -0.2) is 19.2 Å². The van der Waals surface area contributed by atoms with E-state index in [0.717, 1.165) is 12.8 Å². The van der Waals surface area contributed by atoms with Gasteiger partial charge in [0.25, 0.3) is 0 Å². The zero-order valence-corrected chi connectivity index (χ0v) is 11.1. The van der Waals surface area contributed by atoms with Crippen LogP contribution < -0.4 is 4.74 Å². The molecule has 0 unspecified atom stereocenters. The average Bonchev–Trinajstić information content (AvgIpc) is 3.30. The van der Waals surface area contributed by atoms with Gasteiger partial charge >= 0.3 is 5.97 Å². The van der Waals surface area contributed by atoms with E-state index < -0.39 is 11.8 Å². The Hall–Kier alpha value is -2.50. The second kappa shape index (κ2) is 5.47. The lowest BCUT2D eigenvalue weighted by Gasteiger charge is -2.08. The van der Waals surface area contributed by atoms with E-state index in [1.54, 1.807) is 0 Å². The maximum absolute atomic E-state index is 13.0. The summed E-state index contributed by atoms with van der Waals surface area (Å²) in [6.45, 7) is 0.559. The van der Waals surface area contributed by atoms with Crippen molar-refractivity contribution >= 4 is 5.97 Å². The molecule has 1 saturated carbocycles. The topological polar surface area (TPSA) is 72.3 Å². The number of aromatic nitrogens is 2. The average molecular weight is 288 g/mol. The molecule has 0 amide bonds. The number of rotatable bonds is 5. The van der Waals surface area contributed by atoms with E-state index in [0.29, 0.717) is 18.1 Å². The molecule has 2 aromatic rings. The summed E-state index contributed by atoms with van der Waals surface area (Å²) in [6.07, 6.45) is 3.59. The third-order valence-electron chi connectivity index (χ3n) is 3.23. The smallest absolute Gasteiger partial charge is 0.356 e. The van der Waals surface area contributed by atoms with Crippen LogP contribution in [0.5, 0.6) is 5.88 Å². The highest BCUT2D eigenvalue weighted by atomic mass is 19.1. The molecule has 0 aliphatic heterocycles. The highest BCUT2D eigenvalue weighted by Gasteiger charge is 2.23. The number of aromatic carboxylic acids is 1. The minimum atomic E-state index is -1.18. The minimum absolute atomic E-state index is 0.177. The predicted molar refractivity (Wildman–Crippen MR) is 72.6 cm³/mol. The van der Waals surface area contributed by atoms with Crippen LogP contribution in [0.15, 0.2) is 30.5 Å². The summed E-state index contributed by atoms with van der Waals surface area (Å²) >= 11 is 0. The number of carbonyl (C=O) groups is 1. The van der Waals surface area contributed by atoms with Gasteiger partial charge in [0.2, 0.25) is 5.88 Å². The zero-order valence-electron chi connectivity index (χ0n) is 11.1. The SMILES string of the molecule is O=C(O)c1ncc(OCC2CC2)nc1-c1ccc(F)cc1. The fourth-order valence-corrected chi connectivity index (χ4v) is 1.90. The summed E-state index contributed by atoms with van der Waals surface area (Å²) in [4.78, 5) is 19.3. The van der Waals surface area contributed by atoms with Gasteiger partial charge in [0.15, 0.2) is 5.69 Å². The molecule has 3 rings (SSSR count). The summed E-state index contributed by atoms with van der Waals surface area (Å²) in [5.41, 5.74) is 0.481. The predicted octanol–water partition coefficient (Wildman–Crippen LogP) is 2.77. The largest absolute Gasteiger partial charge is 0.476 e. The summed E-state index contributed by atoms with van der Waals surface area (Å²) < 4.78 is 18.5. The van der Waals surface area contributed by atoms with Crippen molar-refractivity contribution in [2.45, 2.75) is 12.8 Å². The van der Waals surface area contributed by atoms with E-state index in [2.05, 4.69) is 9.97 Å². The number of carboxylic acid groups (broad SMARTS) is 1. The number of benzene rings is 1. The van der Waals surface area contributed by atoms with Crippen LogP contribution in [0, 0.1) is 11.7 Å². The lowest BCUT2D eigenvalue weighted by atomic mass is 10.1. The normalized spacial score (nSPS) is 14.0. The molecule has 1 N–H and O–H groups in total. The molecule has 1 aliphatic carbocycles. The molecule has 0 bridgehead atoms. The van der Waals surface area contributed by atoms with Gasteiger partial charge in [0.05, 0.1) is 12.8 Å². The molecular weight excluding hydrogens is 275 g/mol. The van der Waals surface area contributed by atoms with Crippen LogP contribution in [-0.4, -0.2) is 27.7 Å². The van der Waals surface area contributed by atoms with E-state index >= 15 is 0 Å². The van der Waals surface area contributed by atoms with Crippen LogP contribution >= 0.6 is 0 Å². The van der Waals surface area contributed by atoms with Crippen LogP contribution in [-0.2, 0) is 0 Å². The summed E-state index contributed by atoms with van der Waals surface area (Å²) in [6, 6.07) is 5.44. The number of hydrogen-bond acceptors (Lipinski definition) is 4. The number of nitrogens with zero attached hydrogens (tertiary/aromatic N) is 2. The van der Waals surface area contributed by atoms with Crippen molar-refractivity contribution in [1.82, 2.24) is 9.97 Å².